The predicted octanol–water partition coefficient (Wildman–Crippen LogP) is 5.04. The molecule has 0 atom stereocenters. The Balaban J connectivity index is 2.07. The summed E-state index contributed by atoms with van der Waals surface area (Å²) < 4.78 is 0.862. The molecule has 0 unspecified atom stereocenters. The number of hydrogen-bond acceptors (Lipinski definition) is 2. The molecule has 0 aliphatic heterocycles. The fraction of sp³-hybridized carbons (Fsp3) is 0.188. The summed E-state index contributed by atoms with van der Waals surface area (Å²) in [6, 6.07) is 13.9. The van der Waals surface area contributed by atoms with Crippen LogP contribution in [-0.4, -0.2) is 11.5 Å². The maximum Gasteiger partial charge on any atom is 0.174 e. The van der Waals surface area contributed by atoms with E-state index in [-0.39, 0.29) is 5.78 Å². The largest absolute Gasteiger partial charge is 0.293 e. The van der Waals surface area contributed by atoms with Gasteiger partial charge in [-0.2, -0.15) is 0 Å². The minimum absolute atomic E-state index is 0.150. The van der Waals surface area contributed by atoms with E-state index in [1.54, 1.807) is 11.8 Å². The zero-order valence-electron chi connectivity index (χ0n) is 10.9. The lowest BCUT2D eigenvalue weighted by atomic mass is 10.1. The van der Waals surface area contributed by atoms with Crippen molar-refractivity contribution >= 4 is 33.5 Å². The number of benzene rings is 2. The number of halogens is 1. The lowest BCUT2D eigenvalue weighted by Gasteiger charge is -2.07. The number of carbonyl (C=O) groups is 1. The Bertz CT molecular complexity index is 607. The summed E-state index contributed by atoms with van der Waals surface area (Å²) in [5.74, 6) is 0.615. The smallest absolute Gasteiger partial charge is 0.174 e. The summed E-state index contributed by atoms with van der Waals surface area (Å²) in [7, 11) is 0. The number of aryl methyl sites for hydroxylation is 2. The van der Waals surface area contributed by atoms with Crippen molar-refractivity contribution in [1.29, 1.82) is 0 Å². The van der Waals surface area contributed by atoms with Crippen LogP contribution in [0.2, 0.25) is 0 Å². The van der Waals surface area contributed by atoms with Crippen molar-refractivity contribution in [2.75, 3.05) is 5.75 Å². The monoisotopic (exact) mass is 334 g/mol. The van der Waals surface area contributed by atoms with Crippen molar-refractivity contribution in [3.8, 4) is 0 Å². The van der Waals surface area contributed by atoms with Gasteiger partial charge in [-0.3, -0.25) is 4.79 Å². The summed E-state index contributed by atoms with van der Waals surface area (Å²) in [6.45, 7) is 4.16. The maximum atomic E-state index is 12.2. The van der Waals surface area contributed by atoms with Crippen LogP contribution >= 0.6 is 27.7 Å². The van der Waals surface area contributed by atoms with Crippen LogP contribution in [0.25, 0.3) is 0 Å². The maximum absolute atomic E-state index is 12.2. The first-order valence-corrected chi connectivity index (χ1v) is 7.83. The number of ketones is 1. The van der Waals surface area contributed by atoms with Gasteiger partial charge in [-0.25, -0.2) is 0 Å². The molecule has 2 rings (SSSR count). The van der Waals surface area contributed by atoms with E-state index >= 15 is 0 Å². The number of rotatable bonds is 4. The Hall–Kier alpha value is -1.06. The standard InChI is InChI=1S/C16H15BrOS/c1-11-7-8-16(12(2)9-11)19-10-15(18)13-5-3-4-6-14(13)17/h3-9H,10H2,1-2H3. The summed E-state index contributed by atoms with van der Waals surface area (Å²) in [4.78, 5) is 13.3. The van der Waals surface area contributed by atoms with Gasteiger partial charge < -0.3 is 0 Å². The molecule has 0 radical (unpaired) electrons. The molecule has 3 heteroatoms. The first kappa shape index (κ1) is 14.4. The molecule has 0 bridgehead atoms. The van der Waals surface area contributed by atoms with E-state index in [9.17, 15) is 4.79 Å². The quantitative estimate of drug-likeness (QED) is 0.575. The summed E-state index contributed by atoms with van der Waals surface area (Å²) >= 11 is 5.01. The van der Waals surface area contributed by atoms with Crippen LogP contribution in [-0.2, 0) is 0 Å². The minimum atomic E-state index is 0.150. The molecule has 0 amide bonds. The Morgan fingerprint density at radius 3 is 2.58 bits per heavy atom. The molecule has 0 aliphatic carbocycles. The van der Waals surface area contributed by atoms with Crippen molar-refractivity contribution < 1.29 is 4.79 Å². The third-order valence-electron chi connectivity index (χ3n) is 2.86. The second-order valence-corrected chi connectivity index (χ2v) is 6.33. The lowest BCUT2D eigenvalue weighted by Crippen LogP contribution is -2.03. The van der Waals surface area contributed by atoms with Crippen LogP contribution < -0.4 is 0 Å². The van der Waals surface area contributed by atoms with E-state index in [2.05, 4.69) is 48.0 Å². The second kappa shape index (κ2) is 6.40. The third-order valence-corrected chi connectivity index (χ3v) is 4.73. The van der Waals surface area contributed by atoms with E-state index in [1.165, 1.54) is 16.0 Å². The zero-order chi connectivity index (χ0) is 13.8. The van der Waals surface area contributed by atoms with Gasteiger partial charge in [0.05, 0.1) is 5.75 Å². The van der Waals surface area contributed by atoms with Gasteiger partial charge in [0.1, 0.15) is 0 Å². The van der Waals surface area contributed by atoms with Gasteiger partial charge in [0.25, 0.3) is 0 Å². The predicted molar refractivity (Wildman–Crippen MR) is 85.1 cm³/mol. The molecule has 0 N–H and O–H groups in total. The molecule has 2 aromatic rings. The van der Waals surface area contributed by atoms with Gasteiger partial charge in [-0.1, -0.05) is 51.8 Å². The van der Waals surface area contributed by atoms with Gasteiger partial charge in [0.15, 0.2) is 5.78 Å². The molecule has 0 aliphatic rings. The molecule has 98 valence electrons. The van der Waals surface area contributed by atoms with Crippen LogP contribution in [0, 0.1) is 13.8 Å². The Labute approximate surface area is 126 Å². The van der Waals surface area contributed by atoms with Crippen LogP contribution in [0.1, 0.15) is 21.5 Å². The SMILES string of the molecule is Cc1ccc(SCC(=O)c2ccccc2Br)c(C)c1. The van der Waals surface area contributed by atoms with Gasteiger partial charge in [-0.05, 0) is 31.5 Å². The molecule has 0 heterocycles. The third kappa shape index (κ3) is 3.71. The highest BCUT2D eigenvalue weighted by Gasteiger charge is 2.10. The molecule has 0 aromatic heterocycles. The zero-order valence-corrected chi connectivity index (χ0v) is 13.3. The van der Waals surface area contributed by atoms with Crippen LogP contribution in [0.3, 0.4) is 0 Å². The fourth-order valence-electron chi connectivity index (χ4n) is 1.87. The molecule has 0 saturated carbocycles. The van der Waals surface area contributed by atoms with E-state index < -0.39 is 0 Å². The van der Waals surface area contributed by atoms with Crippen molar-refractivity contribution in [2.45, 2.75) is 18.7 Å². The number of hydrogen-bond donors (Lipinski definition) is 0. The Kier molecular flexibility index (Phi) is 4.83. The molecule has 2 aromatic carbocycles. The Morgan fingerprint density at radius 2 is 1.89 bits per heavy atom. The molecule has 19 heavy (non-hydrogen) atoms. The average Bonchev–Trinajstić information content (AvgIpc) is 2.38. The van der Waals surface area contributed by atoms with Crippen molar-refractivity contribution in [2.24, 2.45) is 0 Å². The first-order valence-electron chi connectivity index (χ1n) is 6.05. The highest BCUT2D eigenvalue weighted by Crippen LogP contribution is 2.25. The van der Waals surface area contributed by atoms with Crippen LogP contribution in [0.15, 0.2) is 51.8 Å². The highest BCUT2D eigenvalue weighted by molar-refractivity contribution is 9.10. The van der Waals surface area contributed by atoms with Gasteiger partial charge in [0.2, 0.25) is 0 Å². The number of carbonyl (C=O) groups excluding carboxylic acids is 1. The van der Waals surface area contributed by atoms with Crippen LogP contribution in [0.5, 0.6) is 0 Å². The van der Waals surface area contributed by atoms with E-state index in [4.69, 9.17) is 0 Å². The lowest BCUT2D eigenvalue weighted by molar-refractivity contribution is 0.102. The van der Waals surface area contributed by atoms with E-state index in [0.717, 1.165) is 10.0 Å². The first-order chi connectivity index (χ1) is 9.08. The molecule has 1 nitrogen and oxygen atoms in total. The van der Waals surface area contributed by atoms with Gasteiger partial charge in [0, 0.05) is 14.9 Å². The Morgan fingerprint density at radius 1 is 1.16 bits per heavy atom. The topological polar surface area (TPSA) is 17.1 Å². The number of Topliss-reactive ketones (excluding diaryl/α,β-unsaturated/α-hetero) is 1. The summed E-state index contributed by atoms with van der Waals surface area (Å²) in [5.41, 5.74) is 3.23. The molecular formula is C16H15BrOS. The van der Waals surface area contributed by atoms with Gasteiger partial charge >= 0.3 is 0 Å². The van der Waals surface area contributed by atoms with Crippen molar-refractivity contribution in [3.05, 3.63) is 63.6 Å². The number of thioether (sulfide) groups is 1. The molecular weight excluding hydrogens is 320 g/mol. The van der Waals surface area contributed by atoms with E-state index in [1.807, 2.05) is 24.3 Å². The normalized spacial score (nSPS) is 10.5. The van der Waals surface area contributed by atoms with Gasteiger partial charge in [-0.15, -0.1) is 11.8 Å². The summed E-state index contributed by atoms with van der Waals surface area (Å²) in [5, 5.41) is 0. The van der Waals surface area contributed by atoms with Crippen molar-refractivity contribution in [1.82, 2.24) is 0 Å². The summed E-state index contributed by atoms with van der Waals surface area (Å²) in [6.07, 6.45) is 0. The average molecular weight is 335 g/mol. The van der Waals surface area contributed by atoms with Crippen LogP contribution in [0.4, 0.5) is 0 Å². The molecule has 0 saturated heterocycles. The second-order valence-electron chi connectivity index (χ2n) is 4.46. The molecule has 0 spiro atoms. The molecule has 0 fully saturated rings. The minimum Gasteiger partial charge on any atom is -0.293 e. The highest BCUT2D eigenvalue weighted by atomic mass is 79.9. The van der Waals surface area contributed by atoms with E-state index in [0.29, 0.717) is 5.75 Å². The fourth-order valence-corrected chi connectivity index (χ4v) is 3.27. The van der Waals surface area contributed by atoms with Crippen molar-refractivity contribution in [3.63, 3.8) is 0 Å².